The number of anilines is 3. The molecule has 31 nitrogen and oxygen atoms in total. The Morgan fingerprint density at radius 3 is 1.27 bits per heavy atom. The Kier molecular flexibility index (Phi) is 28.8. The van der Waals surface area contributed by atoms with Crippen LogP contribution in [0.25, 0.3) is 62.4 Å². The van der Waals surface area contributed by atoms with E-state index in [1.54, 1.807) is 40.2 Å². The highest BCUT2D eigenvalue weighted by molar-refractivity contribution is 7.98. The lowest BCUT2D eigenvalue weighted by molar-refractivity contribution is -0.160. The fourth-order valence-corrected chi connectivity index (χ4v) is 20.6. The van der Waals surface area contributed by atoms with Crippen LogP contribution in [0.2, 0.25) is 0 Å². The summed E-state index contributed by atoms with van der Waals surface area (Å²) in [7, 11) is 0. The third-order valence-corrected chi connectivity index (χ3v) is 25.9. The third kappa shape index (κ3) is 20.6. The van der Waals surface area contributed by atoms with Gasteiger partial charge in [-0.3, -0.25) is 24.5 Å². The molecule has 39 heteroatoms. The summed E-state index contributed by atoms with van der Waals surface area (Å²) in [4.78, 5) is 93.1. The summed E-state index contributed by atoms with van der Waals surface area (Å²) >= 11 is 20.2. The van der Waals surface area contributed by atoms with E-state index in [4.69, 9.17) is 117 Å². The molecule has 12 atom stereocenters. The zero-order valence-electron chi connectivity index (χ0n) is 67.9. The fourth-order valence-electron chi connectivity index (χ4n) is 15.8. The maximum Gasteiger partial charge on any atom is 0.329 e. The summed E-state index contributed by atoms with van der Waals surface area (Å²) in [6.07, 6.45) is 13.0. The smallest absolute Gasteiger partial charge is 0.329 e. The van der Waals surface area contributed by atoms with E-state index in [2.05, 4.69) is 41.0 Å². The van der Waals surface area contributed by atoms with Crippen LogP contribution in [0.1, 0.15) is 95.0 Å². The number of thiazole rings is 3. The Hall–Kier alpha value is -6.60. The number of carbonyl (C=O) groups excluding carboxylic acids is 2. The highest BCUT2D eigenvalue weighted by Crippen LogP contribution is 2.49. The molecule has 3 aliphatic carbocycles. The molecule has 16 rings (SSSR count). The van der Waals surface area contributed by atoms with Crippen LogP contribution in [0.4, 0.5) is 17.5 Å². The second-order valence-corrected chi connectivity index (χ2v) is 36.8. The number of hydrogen-bond donors (Lipinski definition) is 6. The van der Waals surface area contributed by atoms with Gasteiger partial charge in [-0.1, -0.05) is 35.3 Å². The van der Waals surface area contributed by atoms with Gasteiger partial charge in [-0.25, -0.2) is 49.7 Å². The number of nitrogens with zero attached hydrogens (tertiary/aromatic N) is 13. The molecule has 13 heterocycles. The van der Waals surface area contributed by atoms with Crippen LogP contribution >= 0.6 is 92.5 Å². The molecule has 4 aliphatic heterocycles. The van der Waals surface area contributed by atoms with E-state index in [0.717, 1.165) is 133 Å². The molecule has 7 N–H and O–H groups in total. The summed E-state index contributed by atoms with van der Waals surface area (Å²) < 4.78 is 56.3. The van der Waals surface area contributed by atoms with Gasteiger partial charge in [0, 0.05) is 67.7 Å². The van der Waals surface area contributed by atoms with E-state index in [-0.39, 0.29) is 104 Å². The highest BCUT2D eigenvalue weighted by Gasteiger charge is 2.57. The van der Waals surface area contributed by atoms with Crippen molar-refractivity contribution >= 4 is 158 Å². The number of alkyl halides is 2. The van der Waals surface area contributed by atoms with E-state index < -0.39 is 23.3 Å². The summed E-state index contributed by atoms with van der Waals surface area (Å²) in [5, 5.41) is 26.7. The Balaban J connectivity index is 0.000000146. The average Bonchev–Trinajstić information content (AvgIpc) is 1.64. The molecular weight excluding hydrogens is 1660 g/mol. The molecule has 0 unspecified atom stereocenters. The molecule has 0 bridgehead atoms. The normalized spacial score (nSPS) is 24.5. The number of thioether (sulfide) groups is 3. The van der Waals surface area contributed by atoms with E-state index >= 15 is 0 Å². The third-order valence-electron chi connectivity index (χ3n) is 20.9. The quantitative estimate of drug-likeness (QED) is 0.0134. The fraction of sp³-hybridized carbons (Fsp3) is 0.577. The second-order valence-electron chi connectivity index (χ2n) is 30.6. The van der Waals surface area contributed by atoms with Gasteiger partial charge in [0.05, 0.1) is 121 Å². The van der Waals surface area contributed by atoms with E-state index in [9.17, 15) is 14.4 Å². The standard InChI is InChI=1S/C26H33ClN6O4S2.C26H32N6O4S2.C22H28N6O2S2.C4H7ClO3/c1-13-19(24-32-20-14(2)28-8-6-17(20)39-24)23(33-25(30-13)38-5)31-16-10-15(11-29-18(34)12-35-9-7-27)21-22(16)37-26(3,4)36-21;1-13-19(24-30-20-14(2)27-7-6-17(20)38-24)23(31-25(28-13)37-5)29-16-10-15(11-32-8-9-34-12-18(32)33)21-22(16)36-26(3,4)35-21;1-10-15(20-27-16-11(2)24-7-6-14(16)32-20)19(28-21(25-10)31-5)26-13-8-12(9-23)17-18(13)30-22(3,4)29-17;5-1-2-8-3-4(6)7/h6,8,15-16,21-22H,7,9-12H2,1-5H3,(H,29,34)(H,30,31,33);6-7,15-16,21-22H,8-12H2,1-5H3,(H,28,29,31);6-7,12-13,17-18H,8-9,23H2,1-5H3,(H,25,26,28);1-3H2,(H,6,7)/t2*15-,16-,21-,22+;12-,13-,17-,18+;/m111./s1. The van der Waals surface area contributed by atoms with Crippen molar-refractivity contribution in [2.45, 2.75) is 190 Å². The van der Waals surface area contributed by atoms with Crippen LogP contribution in [0, 0.1) is 59.3 Å². The van der Waals surface area contributed by atoms with Crippen LogP contribution in [0.5, 0.6) is 0 Å². The molecule has 9 aromatic heterocycles. The summed E-state index contributed by atoms with van der Waals surface area (Å²) in [6.45, 7) is 26.9. The average molecular weight is 1760 g/mol. The topological polar surface area (TPSA) is 387 Å². The molecule has 0 radical (unpaired) electrons. The van der Waals surface area contributed by atoms with Gasteiger partial charge in [0.15, 0.2) is 32.8 Å². The molecule has 7 fully saturated rings. The number of fused-ring (bicyclic) bond motifs is 6. The van der Waals surface area contributed by atoms with Crippen LogP contribution in [-0.2, 0) is 57.0 Å². The van der Waals surface area contributed by atoms with Crippen molar-refractivity contribution in [1.82, 2.24) is 70.0 Å². The van der Waals surface area contributed by atoms with Crippen molar-refractivity contribution < 1.29 is 62.1 Å². The lowest BCUT2D eigenvalue weighted by atomic mass is 10.0. The second kappa shape index (κ2) is 38.2. The van der Waals surface area contributed by atoms with Gasteiger partial charge in [0.2, 0.25) is 11.8 Å². The molecule has 0 aromatic carbocycles. The van der Waals surface area contributed by atoms with Gasteiger partial charge < -0.3 is 79.6 Å². The number of rotatable bonds is 25. The zero-order chi connectivity index (χ0) is 83.4. The minimum Gasteiger partial charge on any atom is -0.480 e. The first-order valence-corrected chi connectivity index (χ1v) is 45.8. The number of carboxylic acid groups (broad SMARTS) is 1. The van der Waals surface area contributed by atoms with Crippen molar-refractivity contribution in [2.24, 2.45) is 23.5 Å². The maximum absolute atomic E-state index is 12.5. The number of amides is 2. The minimum absolute atomic E-state index is 0.0176. The van der Waals surface area contributed by atoms with Crippen LogP contribution in [0.3, 0.4) is 0 Å². The molecule has 0 spiro atoms. The number of aromatic nitrogens is 12. The van der Waals surface area contributed by atoms with Gasteiger partial charge >= 0.3 is 5.97 Å². The van der Waals surface area contributed by atoms with Crippen molar-refractivity contribution in [3.8, 4) is 31.7 Å². The number of aryl methyl sites for hydroxylation is 6. The van der Waals surface area contributed by atoms with E-state index in [0.29, 0.717) is 73.9 Å². The lowest BCUT2D eigenvalue weighted by Gasteiger charge is -2.31. The van der Waals surface area contributed by atoms with Crippen molar-refractivity contribution in [2.75, 3.05) is 112 Å². The molecule has 630 valence electrons. The van der Waals surface area contributed by atoms with E-state index in [1.165, 1.54) is 35.3 Å². The number of pyridine rings is 3. The number of carboxylic acids is 1. The highest BCUT2D eigenvalue weighted by atomic mass is 35.5. The molecule has 2 amide bonds. The number of hydrogen-bond acceptors (Lipinski definition) is 34. The van der Waals surface area contributed by atoms with Gasteiger partial charge in [-0.05, 0) is 146 Å². The number of nitrogens with one attached hydrogen (secondary N) is 4. The number of ether oxygens (including phenoxy) is 9. The predicted octanol–water partition coefficient (Wildman–Crippen LogP) is 11.9. The van der Waals surface area contributed by atoms with Gasteiger partial charge in [-0.15, -0.1) is 57.2 Å². The predicted molar refractivity (Wildman–Crippen MR) is 457 cm³/mol. The molecule has 117 heavy (non-hydrogen) atoms. The first-order valence-electron chi connectivity index (χ1n) is 38.6. The maximum atomic E-state index is 12.5. The molecular formula is C78H100Cl2N18O13S6. The van der Waals surface area contributed by atoms with Crippen LogP contribution in [0.15, 0.2) is 52.3 Å². The number of halogens is 2. The summed E-state index contributed by atoms with van der Waals surface area (Å²) in [5.41, 5.74) is 16.8. The Bertz CT molecular complexity index is 5050. The zero-order valence-corrected chi connectivity index (χ0v) is 74.4. The van der Waals surface area contributed by atoms with Crippen LogP contribution in [-0.4, -0.2) is 256 Å². The molecule has 3 saturated carbocycles. The van der Waals surface area contributed by atoms with E-state index in [1.807, 2.05) is 137 Å². The molecule has 9 aromatic rings. The number of morpholine rings is 1. The summed E-state index contributed by atoms with van der Waals surface area (Å²) in [6, 6.07) is 5.87. The van der Waals surface area contributed by atoms with Gasteiger partial charge in [0.1, 0.15) is 87.2 Å². The largest absolute Gasteiger partial charge is 0.480 e. The summed E-state index contributed by atoms with van der Waals surface area (Å²) in [5.74, 6) is 0.192. The Labute approximate surface area is 713 Å². The Morgan fingerprint density at radius 2 is 0.906 bits per heavy atom. The SMILES string of the molecule is CSc1nc(C)c(-c2nc3c(C)nccc3s2)c(N[C@@H]2C[C@H](CN)[C@H]3OC(C)(C)O[C@H]32)n1.CSc1nc(C)c(-c2nc3c(C)nccc3s2)c(N[C@@H]2C[C@H](CN3CCOCC3=O)[C@H]3OC(C)(C)O[C@H]32)n1.CSc1nc(C)c(-c2nc3c(C)nccc3s2)c(N[C@@H]2C[C@H](CNC(=O)COCCCl)[C@H]3OC(C)(C)O[C@H]32)n1.O=C(O)COCCCl. The Morgan fingerprint density at radius 1 is 0.538 bits per heavy atom. The molecule has 7 aliphatic rings. The number of aliphatic carboxylic acids is 1. The van der Waals surface area contributed by atoms with Gasteiger partial charge in [-0.2, -0.15) is 0 Å². The van der Waals surface area contributed by atoms with Crippen molar-refractivity contribution in [1.29, 1.82) is 0 Å². The first kappa shape index (κ1) is 88.2. The monoisotopic (exact) mass is 1760 g/mol. The number of nitrogens with two attached hydrogens (primary N) is 1. The van der Waals surface area contributed by atoms with Crippen LogP contribution < -0.4 is 27.0 Å². The molecule has 4 saturated heterocycles. The van der Waals surface area contributed by atoms with Crippen molar-refractivity contribution in [3.63, 3.8) is 0 Å². The lowest BCUT2D eigenvalue weighted by Crippen LogP contribution is -2.45. The van der Waals surface area contributed by atoms with Gasteiger partial charge in [0.25, 0.3) is 0 Å². The van der Waals surface area contributed by atoms with Crippen molar-refractivity contribution in [3.05, 3.63) is 71.0 Å². The number of carbonyl (C=O) groups is 3. The minimum atomic E-state index is -0.963. The first-order chi connectivity index (χ1) is 56.0.